The van der Waals surface area contributed by atoms with Crippen molar-refractivity contribution in [3.05, 3.63) is 42.7 Å². The molecule has 3 aromatic rings. The van der Waals surface area contributed by atoms with E-state index in [0.29, 0.717) is 41.9 Å². The molecule has 0 atom stereocenters. The summed E-state index contributed by atoms with van der Waals surface area (Å²) >= 11 is 0. The summed E-state index contributed by atoms with van der Waals surface area (Å²) in [5.74, 6) is 2.37. The van der Waals surface area contributed by atoms with Crippen molar-refractivity contribution in [2.45, 2.75) is 52.2 Å². The predicted molar refractivity (Wildman–Crippen MR) is 150 cm³/mol. The predicted octanol–water partition coefficient (Wildman–Crippen LogP) is 4.22. The van der Waals surface area contributed by atoms with Gasteiger partial charge < -0.3 is 28.3 Å². The molecular formula is C29H38BN3O6. The average Bonchev–Trinajstić information content (AvgIpc) is 3.14. The van der Waals surface area contributed by atoms with Crippen molar-refractivity contribution in [1.29, 1.82) is 0 Å². The van der Waals surface area contributed by atoms with Gasteiger partial charge in [0.05, 0.1) is 48.5 Å². The van der Waals surface area contributed by atoms with E-state index >= 15 is 0 Å². The lowest BCUT2D eigenvalue weighted by atomic mass is 9.79. The lowest BCUT2D eigenvalue weighted by molar-refractivity contribution is 0.00578. The first-order valence-electron chi connectivity index (χ1n) is 13.7. The first kappa shape index (κ1) is 27.6. The van der Waals surface area contributed by atoms with Crippen LogP contribution in [0, 0.1) is 0 Å². The number of hydrogen-bond donors (Lipinski definition) is 0. The minimum absolute atomic E-state index is 0.422. The van der Waals surface area contributed by atoms with Gasteiger partial charge in [-0.3, -0.25) is 4.90 Å². The highest BCUT2D eigenvalue weighted by molar-refractivity contribution is 6.62. The zero-order chi connectivity index (χ0) is 27.5. The molecule has 2 aromatic carbocycles. The Hall–Kier alpha value is -2.92. The molecule has 0 N–H and O–H groups in total. The third-order valence-electron chi connectivity index (χ3n) is 7.54. The summed E-state index contributed by atoms with van der Waals surface area (Å²) in [6, 6.07) is 11.5. The normalized spacial score (nSPS) is 18.8. The number of hydrogen-bond acceptors (Lipinski definition) is 9. The number of fused-ring (bicyclic) bond motifs is 1. The summed E-state index contributed by atoms with van der Waals surface area (Å²) in [6.07, 6.45) is 2.40. The minimum atomic E-state index is -0.480. The van der Waals surface area contributed by atoms with Gasteiger partial charge in [-0.05, 0) is 64.7 Å². The zero-order valence-corrected chi connectivity index (χ0v) is 23.6. The van der Waals surface area contributed by atoms with Crippen LogP contribution in [0.5, 0.6) is 23.1 Å². The van der Waals surface area contributed by atoms with Gasteiger partial charge in [0.1, 0.15) is 12.1 Å². The largest absolute Gasteiger partial charge is 0.494 e. The first-order chi connectivity index (χ1) is 18.8. The van der Waals surface area contributed by atoms with Gasteiger partial charge in [0.25, 0.3) is 0 Å². The van der Waals surface area contributed by atoms with E-state index in [-0.39, 0.29) is 0 Å². The highest BCUT2D eigenvalue weighted by atomic mass is 16.7. The van der Waals surface area contributed by atoms with Crippen LogP contribution in [0.4, 0.5) is 0 Å². The second-order valence-electron chi connectivity index (χ2n) is 10.8. The maximum absolute atomic E-state index is 6.28. The van der Waals surface area contributed by atoms with Crippen molar-refractivity contribution in [1.82, 2.24) is 14.9 Å². The molecule has 10 heteroatoms. The van der Waals surface area contributed by atoms with Gasteiger partial charge in [0, 0.05) is 25.7 Å². The molecule has 2 aliphatic rings. The Balaban J connectivity index is 1.34. The molecule has 208 valence electrons. The summed E-state index contributed by atoms with van der Waals surface area (Å²) < 4.78 is 36.2. The van der Waals surface area contributed by atoms with Crippen LogP contribution in [0.3, 0.4) is 0 Å². The van der Waals surface area contributed by atoms with E-state index in [4.69, 9.17) is 28.3 Å². The van der Waals surface area contributed by atoms with Crippen molar-refractivity contribution in [3.8, 4) is 23.1 Å². The van der Waals surface area contributed by atoms with E-state index in [9.17, 15) is 0 Å². The number of ether oxygens (including phenoxy) is 4. The fourth-order valence-electron chi connectivity index (χ4n) is 4.61. The molecule has 3 heterocycles. The second-order valence-corrected chi connectivity index (χ2v) is 10.8. The molecule has 1 aromatic heterocycles. The maximum Gasteiger partial charge on any atom is 0.494 e. The fraction of sp³-hybridized carbons (Fsp3) is 0.517. The van der Waals surface area contributed by atoms with E-state index in [1.807, 2.05) is 71.0 Å². The van der Waals surface area contributed by atoms with E-state index in [0.717, 1.165) is 50.1 Å². The third kappa shape index (κ3) is 6.30. The van der Waals surface area contributed by atoms with E-state index in [2.05, 4.69) is 14.9 Å². The molecule has 0 aliphatic carbocycles. The van der Waals surface area contributed by atoms with Gasteiger partial charge in [0.2, 0.25) is 5.88 Å². The summed E-state index contributed by atoms with van der Waals surface area (Å²) in [4.78, 5) is 11.3. The molecule has 39 heavy (non-hydrogen) atoms. The molecule has 0 saturated carbocycles. The van der Waals surface area contributed by atoms with Crippen LogP contribution >= 0.6 is 0 Å². The van der Waals surface area contributed by atoms with Crippen LogP contribution in [0.15, 0.2) is 42.7 Å². The standard InChI is InChI=1S/C29H38BN3O6/c1-6-35-26-19-24-23(18-25(26)36-14-8-11-33-12-15-34-16-13-33)27(32-20-31-24)37-22-10-7-9-21(17-22)30-38-28(2,3)29(4,5)39-30/h7,9-10,17-20H,6,8,11-16H2,1-5H3. The Morgan fingerprint density at radius 1 is 0.949 bits per heavy atom. The van der Waals surface area contributed by atoms with Crippen molar-refractivity contribution < 1.29 is 28.3 Å². The zero-order valence-electron chi connectivity index (χ0n) is 23.6. The third-order valence-corrected chi connectivity index (χ3v) is 7.54. The molecule has 0 unspecified atom stereocenters. The van der Waals surface area contributed by atoms with E-state index in [1.165, 1.54) is 6.33 Å². The Morgan fingerprint density at radius 2 is 1.69 bits per heavy atom. The Labute approximate surface area is 230 Å². The monoisotopic (exact) mass is 535 g/mol. The quantitative estimate of drug-likeness (QED) is 0.280. The second kappa shape index (κ2) is 11.7. The lowest BCUT2D eigenvalue weighted by Gasteiger charge is -2.32. The molecule has 9 nitrogen and oxygen atoms in total. The molecule has 2 saturated heterocycles. The number of rotatable bonds is 10. The molecular weight excluding hydrogens is 497 g/mol. The Bertz CT molecular complexity index is 1270. The topological polar surface area (TPSA) is 84.4 Å². The summed E-state index contributed by atoms with van der Waals surface area (Å²) in [6.45, 7) is 15.7. The molecule has 0 spiro atoms. The Morgan fingerprint density at radius 3 is 2.44 bits per heavy atom. The minimum Gasteiger partial charge on any atom is -0.490 e. The van der Waals surface area contributed by atoms with Gasteiger partial charge in [-0.2, -0.15) is 0 Å². The fourth-order valence-corrected chi connectivity index (χ4v) is 4.61. The van der Waals surface area contributed by atoms with Crippen LogP contribution in [0.1, 0.15) is 41.0 Å². The summed E-state index contributed by atoms with van der Waals surface area (Å²) in [5, 5.41) is 0.741. The number of aromatic nitrogens is 2. The number of morpholine rings is 1. The first-order valence-corrected chi connectivity index (χ1v) is 13.7. The van der Waals surface area contributed by atoms with Crippen molar-refractivity contribution in [2.24, 2.45) is 0 Å². The summed E-state index contributed by atoms with van der Waals surface area (Å²) in [7, 11) is -0.480. The van der Waals surface area contributed by atoms with Crippen LogP contribution < -0.4 is 19.7 Å². The number of nitrogens with zero attached hydrogens (tertiary/aromatic N) is 3. The van der Waals surface area contributed by atoms with Crippen LogP contribution in [0.2, 0.25) is 0 Å². The number of benzene rings is 2. The molecule has 2 fully saturated rings. The summed E-state index contributed by atoms with van der Waals surface area (Å²) in [5.41, 5.74) is 0.751. The molecule has 0 radical (unpaired) electrons. The molecule has 5 rings (SSSR count). The average molecular weight is 535 g/mol. The van der Waals surface area contributed by atoms with Gasteiger partial charge in [-0.1, -0.05) is 12.1 Å². The van der Waals surface area contributed by atoms with Gasteiger partial charge in [-0.25, -0.2) is 9.97 Å². The highest BCUT2D eigenvalue weighted by Crippen LogP contribution is 2.38. The molecule has 0 amide bonds. The van der Waals surface area contributed by atoms with Crippen molar-refractivity contribution in [2.75, 3.05) is 46.1 Å². The van der Waals surface area contributed by atoms with Gasteiger partial charge in [0.15, 0.2) is 11.5 Å². The SMILES string of the molecule is CCOc1cc2ncnc(Oc3cccc(B4OC(C)(C)C(C)(C)O4)c3)c2cc1OCCCN1CCOCC1. The van der Waals surface area contributed by atoms with E-state index < -0.39 is 18.3 Å². The molecule has 0 bridgehead atoms. The van der Waals surface area contributed by atoms with Crippen LogP contribution in [-0.4, -0.2) is 79.3 Å². The molecule has 2 aliphatic heterocycles. The smallest absolute Gasteiger partial charge is 0.490 e. The van der Waals surface area contributed by atoms with Crippen molar-refractivity contribution >= 4 is 23.5 Å². The van der Waals surface area contributed by atoms with E-state index in [1.54, 1.807) is 0 Å². The maximum atomic E-state index is 6.28. The van der Waals surface area contributed by atoms with Crippen molar-refractivity contribution in [3.63, 3.8) is 0 Å². The van der Waals surface area contributed by atoms with Crippen LogP contribution in [0.25, 0.3) is 10.9 Å². The van der Waals surface area contributed by atoms with Crippen LogP contribution in [-0.2, 0) is 14.0 Å². The Kier molecular flexibility index (Phi) is 8.28. The lowest BCUT2D eigenvalue weighted by Crippen LogP contribution is -2.41. The van der Waals surface area contributed by atoms with Gasteiger partial charge in [-0.15, -0.1) is 0 Å². The highest BCUT2D eigenvalue weighted by Gasteiger charge is 2.51. The van der Waals surface area contributed by atoms with Gasteiger partial charge >= 0.3 is 7.12 Å².